The molecule has 2 rings (SSSR count). The van der Waals surface area contributed by atoms with Crippen molar-refractivity contribution >= 4 is 17.5 Å². The van der Waals surface area contributed by atoms with E-state index in [1.165, 1.54) is 11.9 Å². The summed E-state index contributed by atoms with van der Waals surface area (Å²) >= 11 is 5.95. The van der Waals surface area contributed by atoms with Crippen LogP contribution >= 0.6 is 11.6 Å². The fourth-order valence-corrected chi connectivity index (χ4v) is 2.68. The van der Waals surface area contributed by atoms with E-state index in [0.717, 1.165) is 11.4 Å². The summed E-state index contributed by atoms with van der Waals surface area (Å²) < 4.78 is 1.55. The van der Waals surface area contributed by atoms with Crippen molar-refractivity contribution in [2.45, 2.75) is 39.2 Å². The number of hydrogen-bond donors (Lipinski definition) is 1. The van der Waals surface area contributed by atoms with E-state index >= 15 is 0 Å². The average molecular weight is 336 g/mol. The normalized spacial score (nSPS) is 12.3. The first-order valence-corrected chi connectivity index (χ1v) is 8.17. The van der Waals surface area contributed by atoms with Gasteiger partial charge in [-0.3, -0.25) is 4.79 Å². The van der Waals surface area contributed by atoms with Crippen LogP contribution in [0.3, 0.4) is 0 Å². The fraction of sp³-hybridized carbons (Fsp3) is 0.500. The molecule has 1 heterocycles. The van der Waals surface area contributed by atoms with Gasteiger partial charge in [-0.15, -0.1) is 5.10 Å². The molecule has 0 saturated heterocycles. The molecule has 7 heteroatoms. The van der Waals surface area contributed by atoms with Crippen LogP contribution in [0.2, 0.25) is 5.02 Å². The third-order valence-electron chi connectivity index (χ3n) is 3.84. The van der Waals surface area contributed by atoms with E-state index in [0.29, 0.717) is 31.3 Å². The van der Waals surface area contributed by atoms with Gasteiger partial charge >= 0.3 is 0 Å². The summed E-state index contributed by atoms with van der Waals surface area (Å²) in [7, 11) is 0. The Kier molecular flexibility index (Phi) is 6.52. The van der Waals surface area contributed by atoms with Crippen molar-refractivity contribution in [3.8, 4) is 0 Å². The van der Waals surface area contributed by atoms with Crippen LogP contribution in [0.5, 0.6) is 0 Å². The zero-order chi connectivity index (χ0) is 16.7. The molecular formula is C16H22ClN5O. The van der Waals surface area contributed by atoms with Crippen LogP contribution in [0.15, 0.2) is 30.6 Å². The smallest absolute Gasteiger partial charge is 0.221 e. The molecular weight excluding hydrogens is 314 g/mol. The minimum Gasteiger partial charge on any atom is -0.356 e. The predicted molar refractivity (Wildman–Crippen MR) is 89.1 cm³/mol. The largest absolute Gasteiger partial charge is 0.356 e. The highest BCUT2D eigenvalue weighted by Crippen LogP contribution is 2.28. The predicted octanol–water partition coefficient (Wildman–Crippen LogP) is 2.66. The summed E-state index contributed by atoms with van der Waals surface area (Å²) in [5.41, 5.74) is 1.26. The van der Waals surface area contributed by atoms with Crippen LogP contribution in [0.25, 0.3) is 0 Å². The van der Waals surface area contributed by atoms with Gasteiger partial charge in [0.15, 0.2) is 0 Å². The van der Waals surface area contributed by atoms with Crippen LogP contribution in [0.1, 0.15) is 38.2 Å². The van der Waals surface area contributed by atoms with Crippen molar-refractivity contribution in [1.29, 1.82) is 0 Å². The lowest BCUT2D eigenvalue weighted by atomic mass is 9.86. The average Bonchev–Trinajstić information content (AvgIpc) is 3.04. The number of nitrogens with zero attached hydrogens (tertiary/aromatic N) is 4. The lowest BCUT2D eigenvalue weighted by Crippen LogP contribution is -2.27. The number of carbonyl (C=O) groups is 1. The van der Waals surface area contributed by atoms with Crippen LogP contribution in [-0.4, -0.2) is 32.7 Å². The Bertz CT molecular complexity index is 597. The highest BCUT2D eigenvalue weighted by atomic mass is 35.5. The molecule has 0 bridgehead atoms. The molecule has 0 aliphatic carbocycles. The van der Waals surface area contributed by atoms with Crippen molar-refractivity contribution in [2.24, 2.45) is 5.92 Å². The molecule has 23 heavy (non-hydrogen) atoms. The number of benzene rings is 1. The van der Waals surface area contributed by atoms with Crippen molar-refractivity contribution in [3.05, 3.63) is 41.2 Å². The lowest BCUT2D eigenvalue weighted by Gasteiger charge is -2.21. The molecule has 1 atom stereocenters. The first-order valence-electron chi connectivity index (χ1n) is 7.79. The van der Waals surface area contributed by atoms with Crippen LogP contribution < -0.4 is 5.32 Å². The molecule has 0 aliphatic rings. The van der Waals surface area contributed by atoms with Gasteiger partial charge in [0.25, 0.3) is 0 Å². The molecule has 0 fully saturated rings. The number of aryl methyl sites for hydroxylation is 1. The maximum Gasteiger partial charge on any atom is 0.221 e. The molecule has 1 aromatic carbocycles. The Labute approximate surface area is 141 Å². The molecule has 0 unspecified atom stereocenters. The molecule has 0 spiro atoms. The van der Waals surface area contributed by atoms with E-state index < -0.39 is 0 Å². The summed E-state index contributed by atoms with van der Waals surface area (Å²) in [4.78, 5) is 11.9. The maximum atomic E-state index is 11.9. The summed E-state index contributed by atoms with van der Waals surface area (Å²) in [5.74, 6) is 0.903. The molecule has 1 aromatic heterocycles. The van der Waals surface area contributed by atoms with Gasteiger partial charge in [0.1, 0.15) is 6.33 Å². The lowest BCUT2D eigenvalue weighted by molar-refractivity contribution is -0.121. The number of nitrogens with one attached hydrogen (secondary N) is 1. The van der Waals surface area contributed by atoms with Gasteiger partial charge in [0.2, 0.25) is 5.91 Å². The van der Waals surface area contributed by atoms with Gasteiger partial charge in [-0.05, 0) is 46.4 Å². The minimum atomic E-state index is 0.0131. The van der Waals surface area contributed by atoms with Crippen LogP contribution in [0.4, 0.5) is 0 Å². The molecule has 0 saturated carbocycles. The Morgan fingerprint density at radius 3 is 2.65 bits per heavy atom. The highest BCUT2D eigenvalue weighted by Gasteiger charge is 2.16. The molecule has 0 aliphatic heterocycles. The number of rotatable bonds is 8. The summed E-state index contributed by atoms with van der Waals surface area (Å²) in [6, 6.07) is 7.95. The number of carbonyl (C=O) groups excluding carboxylic acids is 1. The summed E-state index contributed by atoms with van der Waals surface area (Å²) in [6.45, 7) is 5.53. The van der Waals surface area contributed by atoms with Gasteiger partial charge < -0.3 is 5.32 Å². The zero-order valence-electron chi connectivity index (χ0n) is 13.4. The topological polar surface area (TPSA) is 72.7 Å². The van der Waals surface area contributed by atoms with Gasteiger partial charge in [0, 0.05) is 18.0 Å². The van der Waals surface area contributed by atoms with E-state index in [-0.39, 0.29) is 5.91 Å². The number of hydrogen-bond acceptors (Lipinski definition) is 4. The number of tetrazole rings is 1. The minimum absolute atomic E-state index is 0.0131. The molecule has 2 aromatic rings. The molecule has 124 valence electrons. The van der Waals surface area contributed by atoms with Crippen LogP contribution in [-0.2, 0) is 11.3 Å². The second-order valence-electron chi connectivity index (χ2n) is 5.86. The van der Waals surface area contributed by atoms with E-state index in [1.54, 1.807) is 4.68 Å². The van der Waals surface area contributed by atoms with E-state index in [2.05, 4.69) is 46.8 Å². The van der Waals surface area contributed by atoms with E-state index in [4.69, 9.17) is 11.6 Å². The first-order chi connectivity index (χ1) is 11.1. The first kappa shape index (κ1) is 17.4. The SMILES string of the molecule is CC(C)[C@H](CCNC(=O)CCn1cnnn1)c1ccc(Cl)cc1. The van der Waals surface area contributed by atoms with Crippen molar-refractivity contribution in [1.82, 2.24) is 25.5 Å². The van der Waals surface area contributed by atoms with Gasteiger partial charge in [-0.2, -0.15) is 0 Å². The van der Waals surface area contributed by atoms with Gasteiger partial charge in [-0.25, -0.2) is 4.68 Å². The quantitative estimate of drug-likeness (QED) is 0.805. The van der Waals surface area contributed by atoms with Crippen LogP contribution in [0, 0.1) is 5.92 Å². The van der Waals surface area contributed by atoms with Crippen molar-refractivity contribution in [2.75, 3.05) is 6.54 Å². The molecule has 6 nitrogen and oxygen atoms in total. The monoisotopic (exact) mass is 335 g/mol. The molecule has 1 N–H and O–H groups in total. The Morgan fingerprint density at radius 1 is 1.30 bits per heavy atom. The molecule has 1 amide bonds. The summed E-state index contributed by atoms with van der Waals surface area (Å²) in [6.07, 6.45) is 2.77. The second-order valence-corrected chi connectivity index (χ2v) is 6.30. The zero-order valence-corrected chi connectivity index (χ0v) is 14.2. The van der Waals surface area contributed by atoms with E-state index in [9.17, 15) is 4.79 Å². The van der Waals surface area contributed by atoms with Crippen molar-refractivity contribution < 1.29 is 4.79 Å². The summed E-state index contributed by atoms with van der Waals surface area (Å²) in [5, 5.41) is 14.5. The second kappa shape index (κ2) is 8.62. The maximum absolute atomic E-state index is 11.9. The van der Waals surface area contributed by atoms with Crippen molar-refractivity contribution in [3.63, 3.8) is 0 Å². The standard InChI is InChI=1S/C16H22ClN5O/c1-12(2)15(13-3-5-14(17)6-4-13)7-9-18-16(23)8-10-22-11-19-20-21-22/h3-6,11-12,15H,7-10H2,1-2H3,(H,18,23)/t15-/m0/s1. The highest BCUT2D eigenvalue weighted by molar-refractivity contribution is 6.30. The van der Waals surface area contributed by atoms with Gasteiger partial charge in [0.05, 0.1) is 6.54 Å². The number of halogens is 1. The van der Waals surface area contributed by atoms with E-state index in [1.807, 2.05) is 12.1 Å². The third kappa shape index (κ3) is 5.63. The number of amides is 1. The van der Waals surface area contributed by atoms with Gasteiger partial charge in [-0.1, -0.05) is 37.6 Å². The Morgan fingerprint density at radius 2 is 2.04 bits per heavy atom. The fourth-order valence-electron chi connectivity index (χ4n) is 2.55. The third-order valence-corrected chi connectivity index (χ3v) is 4.09. The number of aromatic nitrogens is 4. The Hall–Kier alpha value is -1.95. The molecule has 0 radical (unpaired) electrons. The Balaban J connectivity index is 1.77.